The number of thiophene rings is 1. The second-order valence-electron chi connectivity index (χ2n) is 5.06. The van der Waals surface area contributed by atoms with Crippen LogP contribution in [0, 0.1) is 0 Å². The molecule has 2 aliphatic rings. The lowest BCUT2D eigenvalue weighted by Crippen LogP contribution is -2.33. The van der Waals surface area contributed by atoms with Crippen LogP contribution in [0.5, 0.6) is 0 Å². The lowest BCUT2D eigenvalue weighted by atomic mass is 10.2. The van der Waals surface area contributed by atoms with Crippen molar-refractivity contribution in [1.82, 2.24) is 4.90 Å². The van der Waals surface area contributed by atoms with Gasteiger partial charge in [-0.2, -0.15) is 0 Å². The zero-order valence-electron chi connectivity index (χ0n) is 11.3. The van der Waals surface area contributed by atoms with Gasteiger partial charge in [0.05, 0.1) is 5.69 Å². The van der Waals surface area contributed by atoms with E-state index in [1.165, 1.54) is 4.88 Å². The maximum atomic E-state index is 12.8. The first-order valence-electron chi connectivity index (χ1n) is 6.73. The summed E-state index contributed by atoms with van der Waals surface area (Å²) in [5.41, 5.74) is 0.836. The van der Waals surface area contributed by atoms with E-state index >= 15 is 0 Å². The fraction of sp³-hybridized carbons (Fsp3) is 0.200. The van der Waals surface area contributed by atoms with E-state index in [0.717, 1.165) is 15.9 Å². The standard InChI is InChI=1S/C15H11BrN2OS3/c16-9-3-5-10(6-4-9)17-13(19)11-8-22-14(18(11)15(17)20)12-2-1-7-21-12/h1-7,11,14H,8H2/t11-,14+/m1/s1. The molecule has 0 spiro atoms. The predicted molar refractivity (Wildman–Crippen MR) is 99.4 cm³/mol. The Bertz CT molecular complexity index is 732. The number of hydrogen-bond donors (Lipinski definition) is 0. The summed E-state index contributed by atoms with van der Waals surface area (Å²) in [6.45, 7) is 0. The van der Waals surface area contributed by atoms with Crippen molar-refractivity contribution in [2.75, 3.05) is 10.7 Å². The largest absolute Gasteiger partial charge is 0.319 e. The van der Waals surface area contributed by atoms with Crippen molar-refractivity contribution < 1.29 is 4.79 Å². The van der Waals surface area contributed by atoms with Crippen molar-refractivity contribution in [2.24, 2.45) is 0 Å². The molecule has 3 heterocycles. The molecular formula is C15H11BrN2OS3. The Morgan fingerprint density at radius 3 is 2.68 bits per heavy atom. The van der Waals surface area contributed by atoms with E-state index in [4.69, 9.17) is 12.2 Å². The molecule has 0 bridgehead atoms. The van der Waals surface area contributed by atoms with Crippen LogP contribution in [0.2, 0.25) is 0 Å². The number of nitrogens with zero attached hydrogens (tertiary/aromatic N) is 2. The molecule has 0 unspecified atom stereocenters. The van der Waals surface area contributed by atoms with Crippen LogP contribution in [0.1, 0.15) is 10.3 Å². The Morgan fingerprint density at radius 2 is 2.00 bits per heavy atom. The number of amides is 1. The Hall–Kier alpha value is -0.890. The highest BCUT2D eigenvalue weighted by Gasteiger charge is 2.51. The third kappa shape index (κ3) is 2.22. The molecule has 22 heavy (non-hydrogen) atoms. The number of rotatable bonds is 2. The monoisotopic (exact) mass is 410 g/mol. The number of thioether (sulfide) groups is 1. The number of fused-ring (bicyclic) bond motifs is 1. The van der Waals surface area contributed by atoms with Crippen LogP contribution in [0.4, 0.5) is 5.69 Å². The number of benzene rings is 1. The first-order valence-corrected chi connectivity index (χ1v) is 9.86. The Labute approximate surface area is 150 Å². The molecule has 1 amide bonds. The lowest BCUT2D eigenvalue weighted by molar-refractivity contribution is -0.119. The van der Waals surface area contributed by atoms with Crippen molar-refractivity contribution >= 4 is 68.0 Å². The van der Waals surface area contributed by atoms with E-state index < -0.39 is 0 Å². The highest BCUT2D eigenvalue weighted by atomic mass is 79.9. The van der Waals surface area contributed by atoms with E-state index in [1.807, 2.05) is 30.3 Å². The third-order valence-corrected chi connectivity index (χ3v) is 7.09. The lowest BCUT2D eigenvalue weighted by Gasteiger charge is -2.24. The highest BCUT2D eigenvalue weighted by Crippen LogP contribution is 2.47. The molecule has 1 aromatic heterocycles. The third-order valence-electron chi connectivity index (χ3n) is 3.79. The fourth-order valence-corrected chi connectivity index (χ4v) is 5.92. The number of anilines is 1. The molecular weight excluding hydrogens is 400 g/mol. The quantitative estimate of drug-likeness (QED) is 0.690. The van der Waals surface area contributed by atoms with E-state index in [0.29, 0.717) is 5.11 Å². The minimum atomic E-state index is -0.145. The normalized spacial score (nSPS) is 24.2. The summed E-state index contributed by atoms with van der Waals surface area (Å²) < 4.78 is 0.987. The van der Waals surface area contributed by atoms with Gasteiger partial charge < -0.3 is 4.90 Å². The van der Waals surface area contributed by atoms with E-state index in [2.05, 4.69) is 32.3 Å². The van der Waals surface area contributed by atoms with E-state index in [-0.39, 0.29) is 17.3 Å². The molecule has 2 atom stereocenters. The van der Waals surface area contributed by atoms with Crippen molar-refractivity contribution in [3.8, 4) is 0 Å². The SMILES string of the molecule is O=C1[C@H]2CS[C@@H](c3cccs3)N2C(=S)N1c1ccc(Br)cc1. The number of carbonyl (C=O) groups is 1. The van der Waals surface area contributed by atoms with Gasteiger partial charge in [0, 0.05) is 15.1 Å². The average Bonchev–Trinajstić information content (AvgIpc) is 3.21. The Morgan fingerprint density at radius 1 is 1.23 bits per heavy atom. The molecule has 2 aromatic rings. The second kappa shape index (κ2) is 5.63. The van der Waals surface area contributed by atoms with Crippen LogP contribution in [-0.4, -0.2) is 27.7 Å². The summed E-state index contributed by atoms with van der Waals surface area (Å²) in [5, 5.41) is 2.83. The molecule has 112 valence electrons. The summed E-state index contributed by atoms with van der Waals surface area (Å²) in [7, 11) is 0. The summed E-state index contributed by atoms with van der Waals surface area (Å²) in [5.74, 6) is 0.869. The van der Waals surface area contributed by atoms with Gasteiger partial charge in [-0.05, 0) is 47.9 Å². The minimum absolute atomic E-state index is 0.0823. The zero-order valence-corrected chi connectivity index (χ0v) is 15.3. The smallest absolute Gasteiger partial charge is 0.257 e. The first kappa shape index (κ1) is 14.7. The summed E-state index contributed by atoms with van der Waals surface area (Å²) in [6, 6.07) is 11.7. The molecule has 4 rings (SSSR count). The molecule has 2 saturated heterocycles. The minimum Gasteiger partial charge on any atom is -0.319 e. The second-order valence-corrected chi connectivity index (χ2v) is 8.43. The van der Waals surface area contributed by atoms with Gasteiger partial charge in [0.15, 0.2) is 5.11 Å². The summed E-state index contributed by atoms with van der Waals surface area (Å²) in [6.07, 6.45) is 0. The maximum absolute atomic E-state index is 12.8. The van der Waals surface area contributed by atoms with Gasteiger partial charge in [-0.3, -0.25) is 9.69 Å². The number of halogens is 1. The highest BCUT2D eigenvalue weighted by molar-refractivity contribution is 9.10. The molecule has 3 nitrogen and oxygen atoms in total. The molecule has 0 saturated carbocycles. The van der Waals surface area contributed by atoms with Crippen molar-refractivity contribution in [3.63, 3.8) is 0 Å². The fourth-order valence-electron chi connectivity index (χ4n) is 2.77. The van der Waals surface area contributed by atoms with Crippen LogP contribution >= 0.6 is 51.2 Å². The van der Waals surface area contributed by atoms with Gasteiger partial charge >= 0.3 is 0 Å². The van der Waals surface area contributed by atoms with E-state index in [1.54, 1.807) is 28.0 Å². The van der Waals surface area contributed by atoms with Crippen LogP contribution in [-0.2, 0) is 4.79 Å². The molecule has 0 radical (unpaired) electrons. The number of thiocarbonyl (C=S) groups is 1. The topological polar surface area (TPSA) is 23.6 Å². The molecule has 7 heteroatoms. The van der Waals surface area contributed by atoms with Crippen molar-refractivity contribution in [3.05, 3.63) is 51.1 Å². The molecule has 2 fully saturated rings. The predicted octanol–water partition coefficient (Wildman–Crippen LogP) is 4.26. The maximum Gasteiger partial charge on any atom is 0.257 e. The van der Waals surface area contributed by atoms with Gasteiger partial charge in [-0.15, -0.1) is 23.1 Å². The van der Waals surface area contributed by atoms with Crippen molar-refractivity contribution in [1.29, 1.82) is 0 Å². The van der Waals surface area contributed by atoms with Gasteiger partial charge in [-0.25, -0.2) is 0 Å². The van der Waals surface area contributed by atoms with Crippen LogP contribution in [0.25, 0.3) is 0 Å². The van der Waals surface area contributed by atoms with Crippen molar-refractivity contribution in [2.45, 2.75) is 11.4 Å². The summed E-state index contributed by atoms with van der Waals surface area (Å²) in [4.78, 5) is 17.8. The zero-order chi connectivity index (χ0) is 15.3. The van der Waals surface area contributed by atoms with E-state index in [9.17, 15) is 4.79 Å². The Kier molecular flexibility index (Phi) is 3.76. The van der Waals surface area contributed by atoms with Gasteiger partial charge in [0.1, 0.15) is 11.4 Å². The van der Waals surface area contributed by atoms with Crippen LogP contribution in [0.3, 0.4) is 0 Å². The van der Waals surface area contributed by atoms with Crippen LogP contribution in [0.15, 0.2) is 46.3 Å². The average molecular weight is 411 g/mol. The molecule has 1 aromatic carbocycles. The van der Waals surface area contributed by atoms with Gasteiger partial charge in [-0.1, -0.05) is 22.0 Å². The molecule has 0 aliphatic carbocycles. The molecule has 0 N–H and O–H groups in total. The van der Waals surface area contributed by atoms with Crippen LogP contribution < -0.4 is 4.90 Å². The molecule has 2 aliphatic heterocycles. The number of hydrogen-bond acceptors (Lipinski definition) is 4. The summed E-state index contributed by atoms with van der Waals surface area (Å²) >= 11 is 12.6. The van der Waals surface area contributed by atoms with Gasteiger partial charge in [0.25, 0.3) is 5.91 Å². The van der Waals surface area contributed by atoms with Gasteiger partial charge in [0.2, 0.25) is 0 Å². The number of carbonyl (C=O) groups excluding carboxylic acids is 1. The Balaban J connectivity index is 1.69. The first-order chi connectivity index (χ1) is 10.7.